The molecule has 0 bridgehead atoms. The number of unbranched alkanes of at least 4 members (excludes halogenated alkanes) is 3. The van der Waals surface area contributed by atoms with Crippen LogP contribution in [0, 0.1) is 6.92 Å². The van der Waals surface area contributed by atoms with E-state index < -0.39 is 15.9 Å². The molecule has 0 radical (unpaired) electrons. The van der Waals surface area contributed by atoms with E-state index in [1.54, 1.807) is 23.1 Å². The molecule has 0 saturated heterocycles. The molecule has 0 aliphatic carbocycles. The number of nitrogens with zero attached hydrogens (tertiary/aromatic N) is 3. The van der Waals surface area contributed by atoms with Crippen molar-refractivity contribution in [3.63, 3.8) is 0 Å². The molecule has 1 N–H and O–H groups in total. The summed E-state index contributed by atoms with van der Waals surface area (Å²) in [4.78, 5) is 37.1. The van der Waals surface area contributed by atoms with Gasteiger partial charge in [-0.3, -0.25) is 14.5 Å². The van der Waals surface area contributed by atoms with Crippen LogP contribution >= 0.6 is 11.6 Å². The molecular formula is C33H33ClN4O4S. The molecule has 8 nitrogen and oxygen atoms in total. The van der Waals surface area contributed by atoms with Gasteiger partial charge in [0.25, 0.3) is 10.0 Å². The van der Waals surface area contributed by atoms with Crippen LogP contribution in [0.3, 0.4) is 0 Å². The van der Waals surface area contributed by atoms with Gasteiger partial charge in [-0.05, 0) is 44.0 Å². The zero-order valence-corrected chi connectivity index (χ0v) is 25.5. The molecule has 0 spiro atoms. The number of anilines is 1. The molecule has 1 aliphatic heterocycles. The summed E-state index contributed by atoms with van der Waals surface area (Å²) >= 11 is 6.16. The second-order valence-electron chi connectivity index (χ2n) is 10.6. The van der Waals surface area contributed by atoms with E-state index >= 15 is 0 Å². The zero-order chi connectivity index (χ0) is 30.4. The lowest BCUT2D eigenvalue weighted by atomic mass is 10.0. The summed E-state index contributed by atoms with van der Waals surface area (Å²) in [5, 5.41) is 0.624. The summed E-state index contributed by atoms with van der Waals surface area (Å²) in [6.45, 7) is 2.52. The first-order chi connectivity index (χ1) is 20.7. The van der Waals surface area contributed by atoms with Gasteiger partial charge in [0.05, 0.1) is 22.0 Å². The minimum atomic E-state index is -3.87. The van der Waals surface area contributed by atoms with Crippen LogP contribution in [-0.4, -0.2) is 36.7 Å². The molecule has 2 amide bonds. The molecule has 43 heavy (non-hydrogen) atoms. The third kappa shape index (κ3) is 7.47. The van der Waals surface area contributed by atoms with Crippen LogP contribution in [0.5, 0.6) is 0 Å². The quantitative estimate of drug-likeness (QED) is 0.193. The lowest BCUT2D eigenvalue weighted by molar-refractivity contribution is -0.120. The average Bonchev–Trinajstić information content (AvgIpc) is 3.00. The SMILES string of the molecule is Cc1ccc(-c2nc3c(nc2-c2ccc(Cl)cc2)N(CCCCCCC(=O)NS(=O)(=O)c2ccccc2)C(=O)CC3)cc1. The standard InChI is InChI=1S/C33H33ClN4O4S/c1-23-12-14-24(15-13-23)31-32(25-16-18-26(34)19-17-25)36-33-28(35-31)20-21-30(40)38(33)22-8-3-2-7-11-29(39)37-43(41,42)27-9-5-4-6-10-27/h4-6,9-10,12-19H,2-3,7-8,11,20-22H2,1H3,(H,37,39). The number of rotatable bonds is 11. The Labute approximate surface area is 257 Å². The van der Waals surface area contributed by atoms with Gasteiger partial charge in [-0.2, -0.15) is 0 Å². The van der Waals surface area contributed by atoms with Gasteiger partial charge in [-0.25, -0.2) is 23.1 Å². The molecule has 0 saturated carbocycles. The molecule has 0 fully saturated rings. The Bertz CT molecular complexity index is 1710. The van der Waals surface area contributed by atoms with Crippen LogP contribution in [0.2, 0.25) is 5.02 Å². The molecule has 1 aromatic heterocycles. The van der Waals surface area contributed by atoms with Crippen molar-refractivity contribution in [1.29, 1.82) is 0 Å². The van der Waals surface area contributed by atoms with Crippen molar-refractivity contribution in [3.8, 4) is 22.5 Å². The number of halogens is 1. The minimum absolute atomic E-state index is 0.0115. The van der Waals surface area contributed by atoms with Gasteiger partial charge < -0.3 is 0 Å². The lowest BCUT2D eigenvalue weighted by Gasteiger charge is -2.29. The molecule has 5 rings (SSSR count). The highest BCUT2D eigenvalue weighted by Gasteiger charge is 2.29. The van der Waals surface area contributed by atoms with Crippen LogP contribution in [0.25, 0.3) is 22.5 Å². The Morgan fingerprint density at radius 3 is 2.16 bits per heavy atom. The highest BCUT2D eigenvalue weighted by atomic mass is 35.5. The maximum Gasteiger partial charge on any atom is 0.264 e. The van der Waals surface area contributed by atoms with Gasteiger partial charge in [-0.15, -0.1) is 0 Å². The summed E-state index contributed by atoms with van der Waals surface area (Å²) in [6, 6.07) is 23.4. The number of sulfonamides is 1. The van der Waals surface area contributed by atoms with Crippen molar-refractivity contribution >= 4 is 39.3 Å². The first-order valence-electron chi connectivity index (χ1n) is 14.4. The van der Waals surface area contributed by atoms with E-state index in [9.17, 15) is 18.0 Å². The summed E-state index contributed by atoms with van der Waals surface area (Å²) in [5.74, 6) is 0.0679. The van der Waals surface area contributed by atoms with Crippen LogP contribution in [-0.2, 0) is 26.0 Å². The fourth-order valence-electron chi connectivity index (χ4n) is 5.04. The third-order valence-electron chi connectivity index (χ3n) is 7.36. The van der Waals surface area contributed by atoms with Gasteiger partial charge in [-0.1, -0.05) is 84.6 Å². The summed E-state index contributed by atoms with van der Waals surface area (Å²) < 4.78 is 26.8. The highest BCUT2D eigenvalue weighted by Crippen LogP contribution is 2.35. The van der Waals surface area contributed by atoms with E-state index in [1.807, 2.05) is 55.5 Å². The number of fused-ring (bicyclic) bond motifs is 1. The van der Waals surface area contributed by atoms with Crippen molar-refractivity contribution in [1.82, 2.24) is 14.7 Å². The number of amides is 2. The molecule has 0 unspecified atom stereocenters. The fourth-order valence-corrected chi connectivity index (χ4v) is 6.21. The number of carbonyl (C=O) groups is 2. The molecule has 4 aromatic rings. The van der Waals surface area contributed by atoms with E-state index in [-0.39, 0.29) is 17.2 Å². The summed E-state index contributed by atoms with van der Waals surface area (Å²) in [5.41, 5.74) is 5.22. The molecule has 0 atom stereocenters. The average molecular weight is 617 g/mol. The Balaban J connectivity index is 1.24. The predicted molar refractivity (Wildman–Crippen MR) is 168 cm³/mol. The van der Waals surface area contributed by atoms with E-state index in [0.717, 1.165) is 40.9 Å². The van der Waals surface area contributed by atoms with Crippen LogP contribution in [0.4, 0.5) is 5.82 Å². The summed E-state index contributed by atoms with van der Waals surface area (Å²) in [6.07, 6.45) is 3.76. The maximum absolute atomic E-state index is 13.0. The van der Waals surface area contributed by atoms with E-state index in [0.29, 0.717) is 48.8 Å². The fraction of sp³-hybridized carbons (Fsp3) is 0.273. The number of nitrogens with one attached hydrogen (secondary N) is 1. The number of hydrogen-bond donors (Lipinski definition) is 1. The van der Waals surface area contributed by atoms with Crippen molar-refractivity contribution in [3.05, 3.63) is 95.1 Å². The monoisotopic (exact) mass is 616 g/mol. The molecule has 222 valence electrons. The Morgan fingerprint density at radius 2 is 1.47 bits per heavy atom. The molecule has 1 aliphatic rings. The molecule has 3 aromatic carbocycles. The van der Waals surface area contributed by atoms with Gasteiger partial charge >= 0.3 is 0 Å². The van der Waals surface area contributed by atoms with E-state index in [2.05, 4.69) is 4.72 Å². The maximum atomic E-state index is 13.0. The second kappa shape index (κ2) is 13.5. The van der Waals surface area contributed by atoms with Crippen molar-refractivity contribution < 1.29 is 18.0 Å². The largest absolute Gasteiger partial charge is 0.295 e. The topological polar surface area (TPSA) is 109 Å². The van der Waals surface area contributed by atoms with Gasteiger partial charge in [0, 0.05) is 42.0 Å². The number of benzene rings is 3. The van der Waals surface area contributed by atoms with Crippen molar-refractivity contribution in [2.24, 2.45) is 0 Å². The number of carbonyl (C=O) groups excluding carboxylic acids is 2. The smallest absolute Gasteiger partial charge is 0.264 e. The zero-order valence-electron chi connectivity index (χ0n) is 23.9. The molecule has 10 heteroatoms. The number of aromatic nitrogens is 2. The highest BCUT2D eigenvalue weighted by molar-refractivity contribution is 7.90. The number of hydrogen-bond acceptors (Lipinski definition) is 6. The molecule has 2 heterocycles. The Morgan fingerprint density at radius 1 is 0.837 bits per heavy atom. The third-order valence-corrected chi connectivity index (χ3v) is 9.00. The normalized spacial score (nSPS) is 13.1. The summed E-state index contributed by atoms with van der Waals surface area (Å²) in [7, 11) is -3.87. The van der Waals surface area contributed by atoms with Gasteiger partial charge in [0.15, 0.2) is 5.82 Å². The Hall–Kier alpha value is -4.08. The number of aryl methyl sites for hydroxylation is 2. The van der Waals surface area contributed by atoms with Gasteiger partial charge in [0.2, 0.25) is 11.8 Å². The van der Waals surface area contributed by atoms with Crippen LogP contribution < -0.4 is 9.62 Å². The van der Waals surface area contributed by atoms with Crippen molar-refractivity contribution in [2.45, 2.75) is 56.8 Å². The van der Waals surface area contributed by atoms with Crippen LogP contribution in [0.1, 0.15) is 49.8 Å². The van der Waals surface area contributed by atoms with Crippen LogP contribution in [0.15, 0.2) is 83.8 Å². The second-order valence-corrected chi connectivity index (χ2v) is 12.7. The van der Waals surface area contributed by atoms with Gasteiger partial charge in [0.1, 0.15) is 0 Å². The Kier molecular flexibility index (Phi) is 9.52. The minimum Gasteiger partial charge on any atom is -0.295 e. The van der Waals surface area contributed by atoms with E-state index in [4.69, 9.17) is 21.6 Å². The first kappa shape index (κ1) is 30.4. The van der Waals surface area contributed by atoms with Crippen molar-refractivity contribution in [2.75, 3.05) is 11.4 Å². The molecular weight excluding hydrogens is 584 g/mol. The van der Waals surface area contributed by atoms with E-state index in [1.165, 1.54) is 12.1 Å². The lowest BCUT2D eigenvalue weighted by Crippen LogP contribution is -2.37. The predicted octanol–water partition coefficient (Wildman–Crippen LogP) is 6.51. The first-order valence-corrected chi connectivity index (χ1v) is 16.2.